The highest BCUT2D eigenvalue weighted by Crippen LogP contribution is 2.53. The van der Waals surface area contributed by atoms with Crippen LogP contribution in [0, 0.1) is 17.8 Å². The lowest BCUT2D eigenvalue weighted by atomic mass is 9.63. The summed E-state index contributed by atoms with van der Waals surface area (Å²) in [6.45, 7) is 5.49. The van der Waals surface area contributed by atoms with Crippen molar-refractivity contribution < 1.29 is 42.9 Å². The second kappa shape index (κ2) is 10.9. The van der Waals surface area contributed by atoms with E-state index < -0.39 is 53.2 Å². The molecular formula is C27H31NO10. The third kappa shape index (κ3) is 5.57. The molecule has 1 aliphatic heterocycles. The average molecular weight is 530 g/mol. The van der Waals surface area contributed by atoms with Crippen molar-refractivity contribution in [2.24, 2.45) is 17.8 Å². The first kappa shape index (κ1) is 27.3. The molecule has 0 spiro atoms. The molecule has 2 aromatic heterocycles. The Morgan fingerprint density at radius 3 is 2.39 bits per heavy atom. The van der Waals surface area contributed by atoms with Crippen molar-refractivity contribution in [3.8, 4) is 17.1 Å². The molecule has 3 heterocycles. The van der Waals surface area contributed by atoms with Gasteiger partial charge in [0.15, 0.2) is 0 Å². The van der Waals surface area contributed by atoms with E-state index in [-0.39, 0.29) is 36.2 Å². The van der Waals surface area contributed by atoms with Crippen LogP contribution in [0.1, 0.15) is 52.2 Å². The Hall–Kier alpha value is -3.73. The molecule has 1 saturated carbocycles. The number of aliphatic hydroxyl groups excluding tert-OH is 1. The number of esters is 3. The highest BCUT2D eigenvalue weighted by atomic mass is 16.6. The molecule has 204 valence electrons. The number of ether oxygens (including phenoxy) is 4. The topological polar surface area (TPSA) is 151 Å². The summed E-state index contributed by atoms with van der Waals surface area (Å²) in [7, 11) is 0. The quantitative estimate of drug-likeness (QED) is 0.416. The van der Waals surface area contributed by atoms with Crippen LogP contribution in [0.5, 0.6) is 5.75 Å². The van der Waals surface area contributed by atoms with E-state index in [2.05, 4.69) is 4.98 Å². The molecule has 5 atom stereocenters. The first-order chi connectivity index (χ1) is 18.0. The maximum absolute atomic E-state index is 13.0. The van der Waals surface area contributed by atoms with Crippen LogP contribution < -0.4 is 10.4 Å². The van der Waals surface area contributed by atoms with Crippen molar-refractivity contribution >= 4 is 17.9 Å². The number of rotatable bonds is 7. The van der Waals surface area contributed by atoms with E-state index in [9.17, 15) is 24.3 Å². The molecule has 0 aromatic carbocycles. The lowest BCUT2D eigenvalue weighted by molar-refractivity contribution is -0.197. The van der Waals surface area contributed by atoms with Gasteiger partial charge in [-0.25, -0.2) is 4.79 Å². The molecule has 38 heavy (non-hydrogen) atoms. The van der Waals surface area contributed by atoms with Crippen LogP contribution in [0.3, 0.4) is 0 Å². The van der Waals surface area contributed by atoms with Crippen LogP contribution in [0.15, 0.2) is 39.8 Å². The van der Waals surface area contributed by atoms with Crippen molar-refractivity contribution in [1.82, 2.24) is 4.98 Å². The Balaban J connectivity index is 1.73. The van der Waals surface area contributed by atoms with Gasteiger partial charge < -0.3 is 28.5 Å². The predicted molar refractivity (Wildman–Crippen MR) is 131 cm³/mol. The molecule has 2 aromatic rings. The zero-order valence-electron chi connectivity index (χ0n) is 21.7. The van der Waals surface area contributed by atoms with Gasteiger partial charge in [0.2, 0.25) is 0 Å². The third-order valence-electron chi connectivity index (χ3n) is 7.33. The van der Waals surface area contributed by atoms with E-state index >= 15 is 0 Å². The number of fused-ring (bicyclic) bond motifs is 2. The summed E-state index contributed by atoms with van der Waals surface area (Å²) in [5.41, 5.74) is -1.42. The second-order valence-electron chi connectivity index (χ2n) is 9.95. The predicted octanol–water partition coefficient (Wildman–Crippen LogP) is 2.59. The summed E-state index contributed by atoms with van der Waals surface area (Å²) >= 11 is 0. The summed E-state index contributed by atoms with van der Waals surface area (Å²) in [5.74, 6) is -2.61. The van der Waals surface area contributed by atoms with E-state index in [1.807, 2.05) is 0 Å². The van der Waals surface area contributed by atoms with Gasteiger partial charge in [-0.3, -0.25) is 19.4 Å². The first-order valence-electron chi connectivity index (χ1n) is 12.4. The summed E-state index contributed by atoms with van der Waals surface area (Å²) < 4.78 is 28.0. The van der Waals surface area contributed by atoms with Crippen LogP contribution in [0.2, 0.25) is 0 Å². The molecular weight excluding hydrogens is 498 g/mol. The zero-order chi connectivity index (χ0) is 27.6. The Bertz CT molecular complexity index is 1240. The molecule has 1 aliphatic carbocycles. The van der Waals surface area contributed by atoms with Crippen molar-refractivity contribution in [3.63, 3.8) is 0 Å². The van der Waals surface area contributed by atoms with Gasteiger partial charge in [-0.05, 0) is 37.8 Å². The fraction of sp³-hybridized carbons (Fsp3) is 0.519. The smallest absolute Gasteiger partial charge is 0.345 e. The molecule has 1 N–H and O–H groups in total. The molecule has 11 heteroatoms. The molecule has 4 rings (SSSR count). The van der Waals surface area contributed by atoms with Gasteiger partial charge in [0, 0.05) is 56.6 Å². The summed E-state index contributed by atoms with van der Waals surface area (Å²) in [6, 6.07) is 4.95. The molecule has 11 nitrogen and oxygen atoms in total. The lowest BCUT2D eigenvalue weighted by Gasteiger charge is -2.53. The van der Waals surface area contributed by atoms with Gasteiger partial charge in [-0.2, -0.15) is 0 Å². The number of hydrogen-bond donors (Lipinski definition) is 1. The van der Waals surface area contributed by atoms with E-state index in [1.54, 1.807) is 25.3 Å². The van der Waals surface area contributed by atoms with Gasteiger partial charge in [0.05, 0.1) is 19.3 Å². The summed E-state index contributed by atoms with van der Waals surface area (Å²) in [5, 5.41) is 11.5. The minimum absolute atomic E-state index is 0.0288. The van der Waals surface area contributed by atoms with Crippen molar-refractivity contribution in [3.05, 3.63) is 46.6 Å². The van der Waals surface area contributed by atoms with Gasteiger partial charge in [0.1, 0.15) is 28.8 Å². The van der Waals surface area contributed by atoms with E-state index in [0.717, 1.165) is 0 Å². The van der Waals surface area contributed by atoms with Crippen molar-refractivity contribution in [1.29, 1.82) is 0 Å². The van der Waals surface area contributed by atoms with E-state index in [1.165, 1.54) is 33.0 Å². The molecule has 2 aliphatic rings. The SMILES string of the molecule is CC(=O)OCC(COC(C)=O)[C@@H]1C[C@H](OC(C)=O)[C@@]2(C)Oc3cc(-c4cccnc4)oc(=O)c3C(O)[C@@H]2C1. The number of aliphatic hydroxyl groups is 1. The van der Waals surface area contributed by atoms with E-state index in [4.69, 9.17) is 23.4 Å². The Kier molecular flexibility index (Phi) is 7.86. The minimum atomic E-state index is -1.30. The normalized spacial score (nSPS) is 25.9. The summed E-state index contributed by atoms with van der Waals surface area (Å²) in [4.78, 5) is 52.2. The maximum Gasteiger partial charge on any atom is 0.345 e. The number of pyridine rings is 1. The van der Waals surface area contributed by atoms with Gasteiger partial charge in [-0.1, -0.05) is 0 Å². The Morgan fingerprint density at radius 1 is 1.13 bits per heavy atom. The van der Waals surface area contributed by atoms with Crippen LogP contribution in [0.25, 0.3) is 11.3 Å². The third-order valence-corrected chi connectivity index (χ3v) is 7.33. The Labute approximate surface area is 219 Å². The second-order valence-corrected chi connectivity index (χ2v) is 9.95. The van der Waals surface area contributed by atoms with Gasteiger partial charge in [0.25, 0.3) is 0 Å². The standard InChI is InChI=1S/C27H31NO10/c1-14(29)34-12-19(13-35-15(2)30)18-8-20-25(32)24-22(38-27(20,4)23(9-18)36-16(3)31)10-21(37-26(24)33)17-6-5-7-28-11-17/h5-7,10-11,18-20,23,25,32H,8-9,12-13H2,1-4H3/t18-,20-,23-,25?,27-/m0/s1. The molecule has 0 saturated heterocycles. The van der Waals surface area contributed by atoms with Crippen LogP contribution >= 0.6 is 0 Å². The summed E-state index contributed by atoms with van der Waals surface area (Å²) in [6.07, 6.45) is 1.60. The van der Waals surface area contributed by atoms with Crippen molar-refractivity contribution in [2.75, 3.05) is 13.2 Å². The molecule has 0 amide bonds. The molecule has 1 fully saturated rings. The minimum Gasteiger partial charge on any atom is -0.482 e. The highest BCUT2D eigenvalue weighted by Gasteiger charge is 2.58. The van der Waals surface area contributed by atoms with Gasteiger partial charge >= 0.3 is 23.5 Å². The number of aromatic nitrogens is 1. The first-order valence-corrected chi connectivity index (χ1v) is 12.4. The van der Waals surface area contributed by atoms with Crippen molar-refractivity contribution in [2.45, 2.75) is 58.3 Å². The fourth-order valence-corrected chi connectivity index (χ4v) is 5.43. The lowest BCUT2D eigenvalue weighted by Crippen LogP contribution is -2.61. The van der Waals surface area contributed by atoms with Crippen LogP contribution in [-0.4, -0.2) is 52.9 Å². The number of carbonyl (C=O) groups excluding carboxylic acids is 3. The number of carbonyl (C=O) groups is 3. The fourth-order valence-electron chi connectivity index (χ4n) is 5.43. The number of nitrogens with zero attached hydrogens (tertiary/aromatic N) is 1. The Morgan fingerprint density at radius 2 is 1.82 bits per heavy atom. The van der Waals surface area contributed by atoms with Gasteiger partial charge in [-0.15, -0.1) is 0 Å². The molecule has 0 bridgehead atoms. The molecule has 1 unspecified atom stereocenters. The van der Waals surface area contributed by atoms with Crippen LogP contribution in [-0.2, 0) is 28.6 Å². The average Bonchev–Trinajstić information content (AvgIpc) is 2.84. The highest BCUT2D eigenvalue weighted by molar-refractivity contribution is 5.67. The van der Waals surface area contributed by atoms with E-state index in [0.29, 0.717) is 18.4 Å². The van der Waals surface area contributed by atoms with Crippen LogP contribution in [0.4, 0.5) is 0 Å². The largest absolute Gasteiger partial charge is 0.482 e. The maximum atomic E-state index is 13.0. The number of hydrogen-bond acceptors (Lipinski definition) is 11. The zero-order valence-corrected chi connectivity index (χ0v) is 21.7. The monoisotopic (exact) mass is 529 g/mol. The molecule has 0 radical (unpaired) electrons.